The summed E-state index contributed by atoms with van der Waals surface area (Å²) in [4.78, 5) is 24.8. The van der Waals surface area contributed by atoms with E-state index < -0.39 is 18.4 Å². The molecule has 0 saturated carbocycles. The maximum Gasteiger partial charge on any atom is 0.337 e. The molecule has 0 unspecified atom stereocenters. The maximum absolute atomic E-state index is 10.7. The lowest BCUT2D eigenvalue weighted by Crippen LogP contribution is -2.09. The molecule has 1 aromatic heterocycles. The fourth-order valence-corrected chi connectivity index (χ4v) is 1.27. The molecular weight excluding hydrogens is 254 g/mol. The molecule has 0 spiro atoms. The van der Waals surface area contributed by atoms with E-state index in [0.29, 0.717) is 4.47 Å². The normalized spacial score (nSPS) is 9.79. The van der Waals surface area contributed by atoms with E-state index >= 15 is 0 Å². The van der Waals surface area contributed by atoms with Crippen LogP contribution in [0.15, 0.2) is 16.7 Å². The van der Waals surface area contributed by atoms with Crippen molar-refractivity contribution in [2.24, 2.45) is 0 Å². The van der Waals surface area contributed by atoms with Gasteiger partial charge in [-0.3, -0.25) is 9.78 Å². The van der Waals surface area contributed by atoms with Crippen LogP contribution in [0.1, 0.15) is 16.1 Å². The maximum atomic E-state index is 10.7. The molecule has 0 aromatic carbocycles. The van der Waals surface area contributed by atoms with Crippen LogP contribution in [0.4, 0.5) is 0 Å². The van der Waals surface area contributed by atoms with E-state index in [0.717, 1.165) is 0 Å². The minimum atomic E-state index is -1.19. The molecule has 0 amide bonds. The van der Waals surface area contributed by atoms with Crippen molar-refractivity contribution in [2.45, 2.75) is 6.42 Å². The predicted molar refractivity (Wildman–Crippen MR) is 50.2 cm³/mol. The number of carbonyl (C=O) groups is 2. The zero-order valence-corrected chi connectivity index (χ0v) is 8.48. The lowest BCUT2D eigenvalue weighted by molar-refractivity contribution is -0.136. The first-order valence-corrected chi connectivity index (χ1v) is 4.39. The van der Waals surface area contributed by atoms with Gasteiger partial charge in [-0.25, -0.2) is 4.79 Å². The number of aliphatic carboxylic acids is 1. The van der Waals surface area contributed by atoms with E-state index in [4.69, 9.17) is 10.2 Å². The smallest absolute Gasteiger partial charge is 0.337 e. The molecule has 1 rings (SSSR count). The second-order valence-electron chi connectivity index (χ2n) is 2.52. The van der Waals surface area contributed by atoms with Crippen LogP contribution in [0, 0.1) is 0 Å². The topological polar surface area (TPSA) is 87.5 Å². The van der Waals surface area contributed by atoms with Gasteiger partial charge in [0.2, 0.25) is 0 Å². The SMILES string of the molecule is O=C(O)Cc1ncc(Br)cc1C(=O)O. The van der Waals surface area contributed by atoms with Gasteiger partial charge in [-0.2, -0.15) is 0 Å². The van der Waals surface area contributed by atoms with Crippen molar-refractivity contribution in [1.29, 1.82) is 0 Å². The van der Waals surface area contributed by atoms with Gasteiger partial charge in [0.1, 0.15) is 0 Å². The molecular formula is C8H6BrNO4. The van der Waals surface area contributed by atoms with E-state index in [1.165, 1.54) is 12.3 Å². The Labute approximate surface area is 87.5 Å². The van der Waals surface area contributed by atoms with Crippen LogP contribution in [0.25, 0.3) is 0 Å². The van der Waals surface area contributed by atoms with Crippen molar-refractivity contribution in [1.82, 2.24) is 4.98 Å². The Hall–Kier alpha value is -1.43. The number of carboxylic acids is 2. The number of rotatable bonds is 3. The van der Waals surface area contributed by atoms with Crippen LogP contribution in [0.3, 0.4) is 0 Å². The third kappa shape index (κ3) is 2.53. The van der Waals surface area contributed by atoms with Gasteiger partial charge in [0, 0.05) is 10.7 Å². The van der Waals surface area contributed by atoms with Gasteiger partial charge in [-0.1, -0.05) is 0 Å². The highest BCUT2D eigenvalue weighted by Gasteiger charge is 2.14. The van der Waals surface area contributed by atoms with Gasteiger partial charge in [0.15, 0.2) is 0 Å². The van der Waals surface area contributed by atoms with E-state index in [1.807, 2.05) is 0 Å². The highest BCUT2D eigenvalue weighted by Crippen LogP contribution is 2.14. The standard InChI is InChI=1S/C8H6BrNO4/c9-4-1-5(8(13)14)6(10-3-4)2-7(11)12/h1,3H,2H2,(H,11,12)(H,13,14). The Bertz CT molecular complexity index is 391. The molecule has 5 nitrogen and oxygen atoms in total. The molecule has 2 N–H and O–H groups in total. The second kappa shape index (κ2) is 4.19. The highest BCUT2D eigenvalue weighted by atomic mass is 79.9. The molecule has 0 atom stereocenters. The number of halogens is 1. The summed E-state index contributed by atoms with van der Waals surface area (Å²) in [6, 6.07) is 1.33. The molecule has 1 aromatic rings. The molecule has 0 saturated heterocycles. The van der Waals surface area contributed by atoms with Crippen LogP contribution in [0.5, 0.6) is 0 Å². The first-order valence-electron chi connectivity index (χ1n) is 3.60. The van der Waals surface area contributed by atoms with E-state index in [2.05, 4.69) is 20.9 Å². The van der Waals surface area contributed by atoms with Gasteiger partial charge in [-0.05, 0) is 22.0 Å². The molecule has 0 radical (unpaired) electrons. The van der Waals surface area contributed by atoms with Gasteiger partial charge >= 0.3 is 11.9 Å². The zero-order chi connectivity index (χ0) is 10.7. The van der Waals surface area contributed by atoms with Crippen LogP contribution in [-0.4, -0.2) is 27.1 Å². The molecule has 0 aliphatic heterocycles. The van der Waals surface area contributed by atoms with Gasteiger partial charge < -0.3 is 10.2 Å². The average molecular weight is 260 g/mol. The zero-order valence-electron chi connectivity index (χ0n) is 6.90. The highest BCUT2D eigenvalue weighted by molar-refractivity contribution is 9.10. The third-order valence-corrected chi connectivity index (χ3v) is 1.92. The summed E-state index contributed by atoms with van der Waals surface area (Å²) in [6.45, 7) is 0. The number of carboxylic acid groups (broad SMARTS) is 2. The number of nitrogens with zero attached hydrogens (tertiary/aromatic N) is 1. The van der Waals surface area contributed by atoms with Crippen molar-refractivity contribution in [3.8, 4) is 0 Å². The fourth-order valence-electron chi connectivity index (χ4n) is 0.937. The van der Waals surface area contributed by atoms with Crippen molar-refractivity contribution >= 4 is 27.9 Å². The van der Waals surface area contributed by atoms with Crippen LogP contribution >= 0.6 is 15.9 Å². The summed E-state index contributed by atoms with van der Waals surface area (Å²) in [5.74, 6) is -2.29. The predicted octanol–water partition coefficient (Wildman–Crippen LogP) is 1.17. The molecule has 1 heterocycles. The first kappa shape index (κ1) is 10.6. The third-order valence-electron chi connectivity index (χ3n) is 1.49. The Morgan fingerprint density at radius 1 is 1.43 bits per heavy atom. The summed E-state index contributed by atoms with van der Waals surface area (Å²) < 4.78 is 0.504. The van der Waals surface area contributed by atoms with Crippen LogP contribution in [-0.2, 0) is 11.2 Å². The Kier molecular flexibility index (Phi) is 3.19. The monoisotopic (exact) mass is 259 g/mol. The number of hydrogen-bond acceptors (Lipinski definition) is 3. The molecule has 6 heteroatoms. The molecule has 0 bridgehead atoms. The molecule has 74 valence electrons. The average Bonchev–Trinajstić information content (AvgIpc) is 2.07. The number of aromatic nitrogens is 1. The van der Waals surface area contributed by atoms with Gasteiger partial charge in [0.05, 0.1) is 17.7 Å². The number of pyridine rings is 1. The van der Waals surface area contributed by atoms with Crippen LogP contribution < -0.4 is 0 Å². The van der Waals surface area contributed by atoms with E-state index in [9.17, 15) is 9.59 Å². The molecule has 0 aliphatic rings. The Morgan fingerprint density at radius 2 is 2.07 bits per heavy atom. The van der Waals surface area contributed by atoms with E-state index in [1.54, 1.807) is 0 Å². The number of aromatic carboxylic acids is 1. The summed E-state index contributed by atoms with van der Waals surface area (Å²) >= 11 is 3.06. The van der Waals surface area contributed by atoms with Gasteiger partial charge in [-0.15, -0.1) is 0 Å². The Morgan fingerprint density at radius 3 is 2.57 bits per heavy atom. The summed E-state index contributed by atoms with van der Waals surface area (Å²) in [5, 5.41) is 17.2. The van der Waals surface area contributed by atoms with E-state index in [-0.39, 0.29) is 11.3 Å². The summed E-state index contributed by atoms with van der Waals surface area (Å²) in [6.07, 6.45) is 0.972. The minimum Gasteiger partial charge on any atom is -0.481 e. The molecule has 14 heavy (non-hydrogen) atoms. The molecule has 0 aliphatic carbocycles. The van der Waals surface area contributed by atoms with Crippen molar-refractivity contribution < 1.29 is 19.8 Å². The summed E-state index contributed by atoms with van der Waals surface area (Å²) in [7, 11) is 0. The lowest BCUT2D eigenvalue weighted by atomic mass is 10.1. The fraction of sp³-hybridized carbons (Fsp3) is 0.125. The first-order chi connectivity index (χ1) is 6.50. The van der Waals surface area contributed by atoms with Crippen LogP contribution in [0.2, 0.25) is 0 Å². The largest absolute Gasteiger partial charge is 0.481 e. The lowest BCUT2D eigenvalue weighted by Gasteiger charge is -2.02. The van der Waals surface area contributed by atoms with Crippen molar-refractivity contribution in [3.63, 3.8) is 0 Å². The quantitative estimate of drug-likeness (QED) is 0.851. The summed E-state index contributed by atoms with van der Waals surface area (Å²) in [5.41, 5.74) is -0.0463. The van der Waals surface area contributed by atoms with Crippen molar-refractivity contribution in [3.05, 3.63) is 28.0 Å². The minimum absolute atomic E-state index is 0.0493. The Balaban J connectivity index is 3.14. The molecule has 0 fully saturated rings. The van der Waals surface area contributed by atoms with Gasteiger partial charge in [0.25, 0.3) is 0 Å². The number of hydrogen-bond donors (Lipinski definition) is 2. The van der Waals surface area contributed by atoms with Crippen molar-refractivity contribution in [2.75, 3.05) is 0 Å². The second-order valence-corrected chi connectivity index (χ2v) is 3.44.